The molecule has 1 saturated heterocycles. The number of fused-ring (bicyclic) bond motifs is 1. The number of anilines is 1. The van der Waals surface area contributed by atoms with Crippen LogP contribution in [0, 0.1) is 6.92 Å². The van der Waals surface area contributed by atoms with Crippen molar-refractivity contribution in [1.82, 2.24) is 0 Å². The summed E-state index contributed by atoms with van der Waals surface area (Å²) < 4.78 is 11.2. The molecule has 1 aliphatic rings. The van der Waals surface area contributed by atoms with Crippen molar-refractivity contribution >= 4 is 22.6 Å². The molecule has 1 heterocycles. The molecule has 4 nitrogen and oxygen atoms in total. The molecule has 1 fully saturated rings. The Bertz CT molecular complexity index is 904. The van der Waals surface area contributed by atoms with Crippen LogP contribution in [0.4, 0.5) is 10.5 Å². The molecule has 126 valence electrons. The van der Waals surface area contributed by atoms with Crippen LogP contribution in [0.25, 0.3) is 10.8 Å². The van der Waals surface area contributed by atoms with E-state index in [1.165, 1.54) is 5.56 Å². The number of carbonyl (C=O) groups excluding carboxylic acids is 1. The third-order valence-electron chi connectivity index (χ3n) is 4.38. The summed E-state index contributed by atoms with van der Waals surface area (Å²) in [5, 5.41) is 2.25. The number of nitrogens with zero attached hydrogens (tertiary/aromatic N) is 1. The number of benzene rings is 3. The summed E-state index contributed by atoms with van der Waals surface area (Å²) in [5.41, 5.74) is 2.03. The highest BCUT2D eigenvalue weighted by Crippen LogP contribution is 2.26. The van der Waals surface area contributed by atoms with Crippen molar-refractivity contribution in [1.29, 1.82) is 0 Å². The molecule has 3 aromatic carbocycles. The third-order valence-corrected chi connectivity index (χ3v) is 4.38. The number of amides is 1. The zero-order chi connectivity index (χ0) is 17.2. The number of carbonyl (C=O) groups is 1. The molecule has 0 spiro atoms. The highest BCUT2D eigenvalue weighted by molar-refractivity contribution is 5.94. The highest BCUT2D eigenvalue weighted by Gasteiger charge is 2.32. The number of hydrogen-bond acceptors (Lipinski definition) is 3. The summed E-state index contributed by atoms with van der Waals surface area (Å²) in [6.45, 7) is 2.87. The quantitative estimate of drug-likeness (QED) is 0.703. The van der Waals surface area contributed by atoms with Gasteiger partial charge in [-0.2, -0.15) is 0 Å². The molecule has 1 amide bonds. The fourth-order valence-electron chi connectivity index (χ4n) is 2.99. The Balaban J connectivity index is 1.45. The second-order valence-electron chi connectivity index (χ2n) is 6.27. The number of aryl methyl sites for hydroxylation is 1. The molecule has 0 aliphatic carbocycles. The number of ether oxygens (including phenoxy) is 2. The van der Waals surface area contributed by atoms with Crippen molar-refractivity contribution in [2.45, 2.75) is 13.0 Å². The molecule has 25 heavy (non-hydrogen) atoms. The van der Waals surface area contributed by atoms with Gasteiger partial charge in [-0.1, -0.05) is 48.0 Å². The zero-order valence-corrected chi connectivity index (χ0v) is 14.0. The first-order valence-electron chi connectivity index (χ1n) is 8.35. The van der Waals surface area contributed by atoms with E-state index in [1.54, 1.807) is 4.90 Å². The van der Waals surface area contributed by atoms with Crippen LogP contribution in [0.3, 0.4) is 0 Å². The van der Waals surface area contributed by atoms with Gasteiger partial charge in [0, 0.05) is 5.69 Å². The lowest BCUT2D eigenvalue weighted by molar-refractivity contribution is 0.105. The highest BCUT2D eigenvalue weighted by atomic mass is 16.6. The van der Waals surface area contributed by atoms with Gasteiger partial charge in [-0.15, -0.1) is 0 Å². The van der Waals surface area contributed by atoms with Crippen molar-refractivity contribution in [3.8, 4) is 5.75 Å². The molecule has 0 bridgehead atoms. The Hall–Kier alpha value is -3.01. The summed E-state index contributed by atoms with van der Waals surface area (Å²) >= 11 is 0. The molecule has 1 unspecified atom stereocenters. The first-order chi connectivity index (χ1) is 12.2. The maximum Gasteiger partial charge on any atom is 0.414 e. The second kappa shape index (κ2) is 6.48. The lowest BCUT2D eigenvalue weighted by Crippen LogP contribution is -2.26. The molecule has 0 radical (unpaired) electrons. The van der Waals surface area contributed by atoms with Gasteiger partial charge in [-0.05, 0) is 42.0 Å². The summed E-state index contributed by atoms with van der Waals surface area (Å²) in [6, 6.07) is 21.9. The monoisotopic (exact) mass is 333 g/mol. The van der Waals surface area contributed by atoms with Gasteiger partial charge >= 0.3 is 6.09 Å². The van der Waals surface area contributed by atoms with Crippen LogP contribution < -0.4 is 9.64 Å². The van der Waals surface area contributed by atoms with Crippen molar-refractivity contribution < 1.29 is 14.3 Å². The first-order valence-corrected chi connectivity index (χ1v) is 8.35. The summed E-state index contributed by atoms with van der Waals surface area (Å²) in [5.74, 6) is 0.783. The van der Waals surface area contributed by atoms with E-state index in [0.717, 1.165) is 22.2 Å². The van der Waals surface area contributed by atoms with Crippen LogP contribution in [0.5, 0.6) is 5.75 Å². The molecular weight excluding hydrogens is 314 g/mol. The minimum absolute atomic E-state index is 0.278. The van der Waals surface area contributed by atoms with Crippen LogP contribution in [-0.4, -0.2) is 25.3 Å². The number of cyclic esters (lactones) is 1. The van der Waals surface area contributed by atoms with Crippen LogP contribution in [0.1, 0.15) is 5.56 Å². The lowest BCUT2D eigenvalue weighted by atomic mass is 10.1. The van der Waals surface area contributed by atoms with Gasteiger partial charge in [-0.25, -0.2) is 4.79 Å². The van der Waals surface area contributed by atoms with Gasteiger partial charge in [0.25, 0.3) is 0 Å². The lowest BCUT2D eigenvalue weighted by Gasteiger charge is -2.14. The van der Waals surface area contributed by atoms with E-state index in [0.29, 0.717) is 13.2 Å². The normalized spacial score (nSPS) is 16.9. The van der Waals surface area contributed by atoms with Crippen molar-refractivity contribution in [3.63, 3.8) is 0 Å². The van der Waals surface area contributed by atoms with Crippen LogP contribution in [0.2, 0.25) is 0 Å². The number of rotatable bonds is 4. The fourth-order valence-corrected chi connectivity index (χ4v) is 2.99. The molecule has 0 aromatic heterocycles. The van der Waals surface area contributed by atoms with Crippen molar-refractivity contribution in [2.24, 2.45) is 0 Å². The van der Waals surface area contributed by atoms with Crippen LogP contribution in [0.15, 0.2) is 66.7 Å². The Kier molecular flexibility index (Phi) is 4.02. The molecule has 4 rings (SSSR count). The van der Waals surface area contributed by atoms with Gasteiger partial charge in [0.1, 0.15) is 12.4 Å². The predicted molar refractivity (Wildman–Crippen MR) is 98.2 cm³/mol. The molecule has 1 atom stereocenters. The summed E-state index contributed by atoms with van der Waals surface area (Å²) in [4.78, 5) is 13.9. The van der Waals surface area contributed by atoms with Gasteiger partial charge in [-0.3, -0.25) is 4.90 Å². The van der Waals surface area contributed by atoms with Gasteiger partial charge in [0.05, 0.1) is 6.54 Å². The maximum atomic E-state index is 12.2. The van der Waals surface area contributed by atoms with E-state index in [1.807, 2.05) is 67.6 Å². The van der Waals surface area contributed by atoms with E-state index in [9.17, 15) is 4.79 Å². The van der Waals surface area contributed by atoms with Crippen LogP contribution in [-0.2, 0) is 4.74 Å². The topological polar surface area (TPSA) is 38.8 Å². The van der Waals surface area contributed by atoms with Gasteiger partial charge < -0.3 is 9.47 Å². The Morgan fingerprint density at radius 1 is 1.04 bits per heavy atom. The SMILES string of the molecule is Cc1ccc(OCC2CN(c3ccc4ccccc4c3)C(=O)O2)cc1. The Labute approximate surface area is 146 Å². The van der Waals surface area contributed by atoms with Crippen molar-refractivity contribution in [3.05, 3.63) is 72.3 Å². The fraction of sp³-hybridized carbons (Fsp3) is 0.190. The maximum absolute atomic E-state index is 12.2. The minimum atomic E-state index is -0.326. The molecule has 0 saturated carbocycles. The van der Waals surface area contributed by atoms with E-state index >= 15 is 0 Å². The molecule has 3 aromatic rings. The average molecular weight is 333 g/mol. The van der Waals surface area contributed by atoms with E-state index in [4.69, 9.17) is 9.47 Å². The number of hydrogen-bond donors (Lipinski definition) is 0. The standard InChI is InChI=1S/C21H19NO3/c1-15-6-10-19(11-7-15)24-14-20-13-22(21(23)25-20)18-9-8-16-4-2-3-5-17(16)12-18/h2-12,20H,13-14H2,1H3. The Morgan fingerprint density at radius 3 is 2.60 bits per heavy atom. The van der Waals surface area contributed by atoms with Crippen molar-refractivity contribution in [2.75, 3.05) is 18.1 Å². The average Bonchev–Trinajstić information content (AvgIpc) is 3.01. The van der Waals surface area contributed by atoms with E-state index in [2.05, 4.69) is 6.07 Å². The van der Waals surface area contributed by atoms with Gasteiger partial charge in [0.15, 0.2) is 6.10 Å². The van der Waals surface area contributed by atoms with Gasteiger partial charge in [0.2, 0.25) is 0 Å². The third kappa shape index (κ3) is 3.29. The molecule has 4 heteroatoms. The molecule has 0 N–H and O–H groups in total. The van der Waals surface area contributed by atoms with E-state index in [-0.39, 0.29) is 12.2 Å². The Morgan fingerprint density at radius 2 is 1.80 bits per heavy atom. The summed E-state index contributed by atoms with van der Waals surface area (Å²) in [7, 11) is 0. The second-order valence-corrected chi connectivity index (χ2v) is 6.27. The van der Waals surface area contributed by atoms with E-state index < -0.39 is 0 Å². The predicted octanol–water partition coefficient (Wildman–Crippen LogP) is 4.55. The zero-order valence-electron chi connectivity index (χ0n) is 14.0. The first kappa shape index (κ1) is 15.5. The van der Waals surface area contributed by atoms with Crippen LogP contribution >= 0.6 is 0 Å². The minimum Gasteiger partial charge on any atom is -0.490 e. The molecular formula is C21H19NO3. The largest absolute Gasteiger partial charge is 0.490 e. The smallest absolute Gasteiger partial charge is 0.414 e. The summed E-state index contributed by atoms with van der Waals surface area (Å²) in [6.07, 6.45) is -0.604. The molecule has 1 aliphatic heterocycles.